The van der Waals surface area contributed by atoms with Crippen LogP contribution >= 0.6 is 11.3 Å². The third-order valence-electron chi connectivity index (χ3n) is 8.67. The number of rotatable bonds is 4. The Balaban J connectivity index is 1.45. The standard InChI is InChI=1S/C42H26N2S/c1-3-14-28(15-4-1)39-32-20-10-11-21-33(32)41(40-31-19-9-7-13-27(31)23-24-34(39)40)36-26-35(38-25-30-18-8-12-22-37(30)45-38)43-42(44-36)29-16-5-2-6-17-29/h1-26H. The lowest BCUT2D eigenvalue weighted by Gasteiger charge is -2.19. The van der Waals surface area contributed by atoms with Gasteiger partial charge < -0.3 is 0 Å². The van der Waals surface area contributed by atoms with Crippen molar-refractivity contribution in [2.45, 2.75) is 0 Å². The van der Waals surface area contributed by atoms with Gasteiger partial charge in [0.1, 0.15) is 0 Å². The molecule has 0 aliphatic heterocycles. The first-order chi connectivity index (χ1) is 22.3. The Morgan fingerprint density at radius 2 is 1.00 bits per heavy atom. The Bertz CT molecular complexity index is 2500. The summed E-state index contributed by atoms with van der Waals surface area (Å²) in [5.41, 5.74) is 6.45. The molecular weight excluding hydrogens is 565 g/mol. The molecule has 0 aliphatic carbocycles. The van der Waals surface area contributed by atoms with E-state index in [0.29, 0.717) is 0 Å². The fourth-order valence-corrected chi connectivity index (χ4v) is 7.68. The van der Waals surface area contributed by atoms with Crippen molar-refractivity contribution in [1.29, 1.82) is 0 Å². The second-order valence-electron chi connectivity index (χ2n) is 11.3. The van der Waals surface area contributed by atoms with Crippen molar-refractivity contribution in [1.82, 2.24) is 9.97 Å². The predicted octanol–water partition coefficient (Wildman–Crippen LogP) is 11.8. The molecular formula is C42H26N2S. The van der Waals surface area contributed by atoms with Gasteiger partial charge >= 0.3 is 0 Å². The Morgan fingerprint density at radius 3 is 1.76 bits per heavy atom. The maximum absolute atomic E-state index is 5.36. The van der Waals surface area contributed by atoms with Gasteiger partial charge in [-0.1, -0.05) is 140 Å². The van der Waals surface area contributed by atoms with Gasteiger partial charge in [-0.15, -0.1) is 11.3 Å². The van der Waals surface area contributed by atoms with Crippen LogP contribution in [0, 0.1) is 0 Å². The molecule has 0 spiro atoms. The Labute approximate surface area is 264 Å². The van der Waals surface area contributed by atoms with Gasteiger partial charge in [0.25, 0.3) is 0 Å². The van der Waals surface area contributed by atoms with Crippen molar-refractivity contribution >= 4 is 53.7 Å². The van der Waals surface area contributed by atoms with Crippen molar-refractivity contribution in [3.8, 4) is 44.3 Å². The third kappa shape index (κ3) is 4.32. The van der Waals surface area contributed by atoms with Gasteiger partial charge in [0.05, 0.1) is 16.3 Å². The highest BCUT2D eigenvalue weighted by molar-refractivity contribution is 7.22. The van der Waals surface area contributed by atoms with Crippen LogP contribution in [-0.2, 0) is 0 Å². The van der Waals surface area contributed by atoms with Crippen LogP contribution < -0.4 is 0 Å². The number of thiophene rings is 1. The van der Waals surface area contributed by atoms with Crippen molar-refractivity contribution in [2.75, 3.05) is 0 Å². The first-order valence-electron chi connectivity index (χ1n) is 15.2. The van der Waals surface area contributed by atoms with Crippen molar-refractivity contribution in [3.63, 3.8) is 0 Å². The normalized spacial score (nSPS) is 11.6. The Kier molecular flexibility index (Phi) is 6.03. The molecule has 0 fully saturated rings. The lowest BCUT2D eigenvalue weighted by Crippen LogP contribution is -1.98. The number of aromatic nitrogens is 2. The topological polar surface area (TPSA) is 25.8 Å². The zero-order valence-corrected chi connectivity index (χ0v) is 25.1. The molecule has 0 saturated carbocycles. The fourth-order valence-electron chi connectivity index (χ4n) is 6.66. The van der Waals surface area contributed by atoms with E-state index in [1.807, 2.05) is 6.07 Å². The van der Waals surface area contributed by atoms with Crippen LogP contribution in [0.1, 0.15) is 0 Å². The largest absolute Gasteiger partial charge is 0.228 e. The average molecular weight is 591 g/mol. The monoisotopic (exact) mass is 590 g/mol. The van der Waals surface area contributed by atoms with Crippen LogP contribution in [0.15, 0.2) is 158 Å². The lowest BCUT2D eigenvalue weighted by molar-refractivity contribution is 1.19. The summed E-state index contributed by atoms with van der Waals surface area (Å²) in [7, 11) is 0. The molecule has 7 aromatic carbocycles. The van der Waals surface area contributed by atoms with E-state index in [4.69, 9.17) is 9.97 Å². The molecule has 3 heteroatoms. The molecule has 0 amide bonds. The Morgan fingerprint density at radius 1 is 0.400 bits per heavy atom. The molecule has 0 atom stereocenters. The highest BCUT2D eigenvalue weighted by atomic mass is 32.1. The van der Waals surface area contributed by atoms with Crippen molar-refractivity contribution < 1.29 is 0 Å². The molecule has 0 bridgehead atoms. The first kappa shape index (κ1) is 25.8. The lowest BCUT2D eigenvalue weighted by atomic mass is 9.85. The molecule has 2 nitrogen and oxygen atoms in total. The first-order valence-corrected chi connectivity index (χ1v) is 16.0. The molecule has 2 heterocycles. The molecule has 45 heavy (non-hydrogen) atoms. The van der Waals surface area contributed by atoms with Crippen LogP contribution in [0.3, 0.4) is 0 Å². The van der Waals surface area contributed by atoms with Gasteiger partial charge in [0.2, 0.25) is 0 Å². The quantitative estimate of drug-likeness (QED) is 0.150. The number of hydrogen-bond donors (Lipinski definition) is 0. The van der Waals surface area contributed by atoms with Gasteiger partial charge in [-0.05, 0) is 61.6 Å². The molecule has 0 aliphatic rings. The summed E-state index contributed by atoms with van der Waals surface area (Å²) in [6.07, 6.45) is 0. The third-order valence-corrected chi connectivity index (χ3v) is 9.81. The molecule has 0 radical (unpaired) electrons. The molecule has 9 rings (SSSR count). The minimum Gasteiger partial charge on any atom is -0.228 e. The molecule has 0 N–H and O–H groups in total. The van der Waals surface area contributed by atoms with Gasteiger partial charge in [-0.25, -0.2) is 9.97 Å². The van der Waals surface area contributed by atoms with E-state index in [1.165, 1.54) is 53.5 Å². The summed E-state index contributed by atoms with van der Waals surface area (Å²) < 4.78 is 1.25. The van der Waals surface area contributed by atoms with Crippen LogP contribution in [0.2, 0.25) is 0 Å². The van der Waals surface area contributed by atoms with E-state index in [2.05, 4.69) is 152 Å². The van der Waals surface area contributed by atoms with E-state index in [9.17, 15) is 0 Å². The summed E-state index contributed by atoms with van der Waals surface area (Å²) in [5, 5.41) is 8.49. The smallest absolute Gasteiger partial charge is 0.160 e. The molecule has 0 unspecified atom stereocenters. The van der Waals surface area contributed by atoms with Crippen LogP contribution in [0.25, 0.3) is 86.7 Å². The average Bonchev–Trinajstić information content (AvgIpc) is 3.56. The zero-order valence-electron chi connectivity index (χ0n) is 24.3. The zero-order chi connectivity index (χ0) is 29.7. The maximum Gasteiger partial charge on any atom is 0.160 e. The van der Waals surface area contributed by atoms with Gasteiger partial charge in [-0.3, -0.25) is 0 Å². The predicted molar refractivity (Wildman–Crippen MR) is 192 cm³/mol. The molecule has 0 saturated heterocycles. The van der Waals surface area contributed by atoms with Gasteiger partial charge in [-0.2, -0.15) is 0 Å². The SMILES string of the molecule is c1ccc(-c2nc(-c3cc4ccccc4s3)cc(-c3c4ccccc4c(-c4ccccc4)c4ccc5ccccc5c34)n2)cc1. The molecule has 2 aromatic heterocycles. The summed E-state index contributed by atoms with van der Waals surface area (Å²) in [5.74, 6) is 0.727. The highest BCUT2D eigenvalue weighted by Crippen LogP contribution is 2.46. The van der Waals surface area contributed by atoms with E-state index < -0.39 is 0 Å². The van der Waals surface area contributed by atoms with Gasteiger partial charge in [0.15, 0.2) is 5.82 Å². The van der Waals surface area contributed by atoms with E-state index in [1.54, 1.807) is 11.3 Å². The summed E-state index contributed by atoms with van der Waals surface area (Å²) in [4.78, 5) is 11.7. The summed E-state index contributed by atoms with van der Waals surface area (Å²) in [6, 6.07) is 56.1. The number of hydrogen-bond acceptors (Lipinski definition) is 3. The number of nitrogens with zero attached hydrogens (tertiary/aromatic N) is 2. The minimum absolute atomic E-state index is 0.727. The highest BCUT2D eigenvalue weighted by Gasteiger charge is 2.21. The maximum atomic E-state index is 5.36. The molecule has 210 valence electrons. The number of fused-ring (bicyclic) bond motifs is 5. The van der Waals surface area contributed by atoms with Crippen molar-refractivity contribution in [2.24, 2.45) is 0 Å². The fraction of sp³-hybridized carbons (Fsp3) is 0. The van der Waals surface area contributed by atoms with Crippen molar-refractivity contribution in [3.05, 3.63) is 158 Å². The minimum atomic E-state index is 0.727. The number of benzene rings is 7. The van der Waals surface area contributed by atoms with E-state index in [0.717, 1.165) is 33.2 Å². The second-order valence-corrected chi connectivity index (χ2v) is 12.4. The van der Waals surface area contributed by atoms with E-state index in [-0.39, 0.29) is 0 Å². The van der Waals surface area contributed by atoms with Crippen LogP contribution in [-0.4, -0.2) is 9.97 Å². The van der Waals surface area contributed by atoms with Crippen LogP contribution in [0.5, 0.6) is 0 Å². The summed E-state index contributed by atoms with van der Waals surface area (Å²) >= 11 is 1.78. The van der Waals surface area contributed by atoms with Gasteiger partial charge in [0, 0.05) is 21.2 Å². The summed E-state index contributed by atoms with van der Waals surface area (Å²) in [6.45, 7) is 0. The second kappa shape index (κ2) is 10.5. The van der Waals surface area contributed by atoms with E-state index >= 15 is 0 Å². The van der Waals surface area contributed by atoms with Crippen LogP contribution in [0.4, 0.5) is 0 Å². The molecule has 9 aromatic rings. The Hall–Kier alpha value is -5.64.